The van der Waals surface area contributed by atoms with Crippen molar-refractivity contribution in [3.63, 3.8) is 0 Å². The van der Waals surface area contributed by atoms with E-state index in [1.54, 1.807) is 11.8 Å². The number of hydrogen-bond acceptors (Lipinski definition) is 5. The normalized spacial score (nSPS) is 20.7. The van der Waals surface area contributed by atoms with Gasteiger partial charge >= 0.3 is 0 Å². The molecule has 1 atom stereocenters. The molecule has 96 valence electrons. The van der Waals surface area contributed by atoms with E-state index in [0.717, 1.165) is 5.75 Å². The summed E-state index contributed by atoms with van der Waals surface area (Å²) in [6, 6.07) is 0.549. The maximum Gasteiger partial charge on any atom is 0.148 e. The highest BCUT2D eigenvalue weighted by Gasteiger charge is 2.31. The number of thioether (sulfide) groups is 1. The average Bonchev–Trinajstić information content (AvgIpc) is 2.95. The molecule has 2 N–H and O–H groups in total. The molecule has 0 aromatic carbocycles. The lowest BCUT2D eigenvalue weighted by Crippen LogP contribution is -2.49. The topological polar surface area (TPSA) is 66.4 Å². The van der Waals surface area contributed by atoms with Gasteiger partial charge in [-0.15, -0.1) is 0 Å². The molecule has 4 nitrogen and oxygen atoms in total. The lowest BCUT2D eigenvalue weighted by atomic mass is 10.1. The highest BCUT2D eigenvalue weighted by Crippen LogP contribution is 2.24. The minimum absolute atomic E-state index is 0.0926. The Morgan fingerprint density at radius 1 is 1.50 bits per heavy atom. The van der Waals surface area contributed by atoms with Crippen molar-refractivity contribution in [2.45, 2.75) is 31.3 Å². The van der Waals surface area contributed by atoms with Crippen molar-refractivity contribution >= 4 is 21.6 Å². The van der Waals surface area contributed by atoms with Crippen LogP contribution in [-0.2, 0) is 9.84 Å². The highest BCUT2D eigenvalue weighted by atomic mass is 32.2. The van der Waals surface area contributed by atoms with Gasteiger partial charge in [-0.1, -0.05) is 0 Å². The third-order valence-electron chi connectivity index (χ3n) is 2.50. The largest absolute Gasteiger partial charge is 0.394 e. The monoisotopic (exact) mass is 267 g/mol. The van der Waals surface area contributed by atoms with E-state index >= 15 is 0 Å². The zero-order chi connectivity index (χ0) is 12.2. The summed E-state index contributed by atoms with van der Waals surface area (Å²) in [6.45, 7) is 2.08. The Hall–Kier alpha value is 0.220. The van der Waals surface area contributed by atoms with Crippen molar-refractivity contribution in [3.05, 3.63) is 0 Å². The van der Waals surface area contributed by atoms with Gasteiger partial charge in [-0.3, -0.25) is 0 Å². The van der Waals surface area contributed by atoms with Gasteiger partial charge in [0.2, 0.25) is 0 Å². The molecule has 0 heterocycles. The number of rotatable bonds is 8. The van der Waals surface area contributed by atoms with Crippen LogP contribution in [0.2, 0.25) is 0 Å². The molecule has 1 saturated carbocycles. The summed E-state index contributed by atoms with van der Waals surface area (Å²) in [5.74, 6) is 1.55. The molecule has 1 aliphatic rings. The van der Waals surface area contributed by atoms with Crippen molar-refractivity contribution in [1.29, 1.82) is 0 Å². The van der Waals surface area contributed by atoms with Gasteiger partial charge < -0.3 is 10.4 Å². The summed E-state index contributed by atoms with van der Waals surface area (Å²) >= 11 is 1.58. The first kappa shape index (κ1) is 14.3. The molecule has 1 aliphatic carbocycles. The fourth-order valence-electron chi connectivity index (χ4n) is 1.36. The second-order valence-corrected chi connectivity index (χ2v) is 8.18. The van der Waals surface area contributed by atoms with Crippen LogP contribution in [0, 0.1) is 0 Å². The van der Waals surface area contributed by atoms with Gasteiger partial charge in [0.05, 0.1) is 12.4 Å². The summed E-state index contributed by atoms with van der Waals surface area (Å²) in [5.41, 5.74) is -0.274. The van der Waals surface area contributed by atoms with Gasteiger partial charge in [0, 0.05) is 29.3 Å². The molecule has 0 aromatic rings. The number of aliphatic hydroxyl groups is 1. The predicted octanol–water partition coefficient (Wildman–Crippen LogP) is 0.267. The smallest absolute Gasteiger partial charge is 0.148 e. The number of hydrogen-bond donors (Lipinski definition) is 2. The van der Waals surface area contributed by atoms with Gasteiger partial charge in [0.25, 0.3) is 0 Å². The van der Waals surface area contributed by atoms with Gasteiger partial charge in [-0.05, 0) is 19.8 Å². The molecule has 1 fully saturated rings. The Morgan fingerprint density at radius 2 is 2.12 bits per heavy atom. The van der Waals surface area contributed by atoms with E-state index in [-0.39, 0.29) is 17.9 Å². The van der Waals surface area contributed by atoms with Crippen LogP contribution in [0.25, 0.3) is 0 Å². The minimum Gasteiger partial charge on any atom is -0.394 e. The first-order valence-corrected chi connectivity index (χ1v) is 8.70. The van der Waals surface area contributed by atoms with Crippen LogP contribution in [0.5, 0.6) is 0 Å². The maximum atomic E-state index is 10.9. The predicted molar refractivity (Wildman–Crippen MR) is 68.7 cm³/mol. The Morgan fingerprint density at radius 3 is 2.56 bits per heavy atom. The van der Waals surface area contributed by atoms with Gasteiger partial charge in [-0.25, -0.2) is 8.42 Å². The van der Waals surface area contributed by atoms with E-state index in [0.29, 0.717) is 11.8 Å². The van der Waals surface area contributed by atoms with E-state index in [9.17, 15) is 13.5 Å². The SMILES string of the molecule is CC(CO)(CSCCS(C)(=O)=O)NC1CC1. The van der Waals surface area contributed by atoms with E-state index < -0.39 is 9.84 Å². The molecular weight excluding hydrogens is 246 g/mol. The zero-order valence-electron chi connectivity index (χ0n) is 9.90. The van der Waals surface area contributed by atoms with Gasteiger partial charge in [-0.2, -0.15) is 11.8 Å². The summed E-state index contributed by atoms with van der Waals surface area (Å²) in [6.07, 6.45) is 3.62. The lowest BCUT2D eigenvalue weighted by molar-refractivity contribution is 0.190. The molecule has 0 aromatic heterocycles. The highest BCUT2D eigenvalue weighted by molar-refractivity contribution is 8.00. The summed E-state index contributed by atoms with van der Waals surface area (Å²) in [5, 5.41) is 12.7. The van der Waals surface area contributed by atoms with Crippen molar-refractivity contribution in [3.8, 4) is 0 Å². The average molecular weight is 267 g/mol. The molecule has 0 amide bonds. The van der Waals surface area contributed by atoms with Gasteiger partial charge in [0.15, 0.2) is 0 Å². The Kier molecular flexibility index (Phi) is 5.10. The number of sulfone groups is 1. The molecule has 1 unspecified atom stereocenters. The molecule has 1 rings (SSSR count). The van der Waals surface area contributed by atoms with E-state index in [1.807, 2.05) is 6.92 Å². The Balaban J connectivity index is 2.22. The van der Waals surface area contributed by atoms with E-state index in [1.165, 1.54) is 19.1 Å². The van der Waals surface area contributed by atoms with Crippen LogP contribution in [0.1, 0.15) is 19.8 Å². The van der Waals surface area contributed by atoms with Crippen molar-refractivity contribution in [2.75, 3.05) is 30.1 Å². The third-order valence-corrected chi connectivity index (χ3v) is 5.04. The molecule has 0 radical (unpaired) electrons. The lowest BCUT2D eigenvalue weighted by Gasteiger charge is -2.28. The molecule has 0 spiro atoms. The standard InChI is InChI=1S/C10H21NO3S2/c1-10(7-12,11-9-3-4-9)8-15-5-6-16(2,13)14/h9,11-12H,3-8H2,1-2H3. The second kappa shape index (κ2) is 5.71. The number of nitrogens with one attached hydrogen (secondary N) is 1. The second-order valence-electron chi connectivity index (χ2n) is 4.82. The fourth-order valence-corrected chi connectivity index (χ4v) is 3.81. The maximum absolute atomic E-state index is 10.9. The summed E-state index contributed by atoms with van der Waals surface area (Å²) in [4.78, 5) is 0. The number of aliphatic hydroxyl groups excluding tert-OH is 1. The Bertz CT molecular complexity index is 314. The van der Waals surface area contributed by atoms with E-state index in [4.69, 9.17) is 0 Å². The van der Waals surface area contributed by atoms with Gasteiger partial charge in [0.1, 0.15) is 9.84 Å². The van der Waals surface area contributed by atoms with Crippen molar-refractivity contribution in [2.24, 2.45) is 0 Å². The van der Waals surface area contributed by atoms with Crippen LogP contribution in [0.3, 0.4) is 0 Å². The Labute approximate surface area is 102 Å². The van der Waals surface area contributed by atoms with Crippen molar-refractivity contribution in [1.82, 2.24) is 5.32 Å². The van der Waals surface area contributed by atoms with Crippen LogP contribution in [-0.4, -0.2) is 55.2 Å². The fraction of sp³-hybridized carbons (Fsp3) is 1.00. The molecule has 0 saturated heterocycles. The minimum atomic E-state index is -2.86. The van der Waals surface area contributed by atoms with Crippen LogP contribution >= 0.6 is 11.8 Å². The zero-order valence-corrected chi connectivity index (χ0v) is 11.5. The quantitative estimate of drug-likeness (QED) is 0.618. The van der Waals surface area contributed by atoms with Crippen LogP contribution in [0.4, 0.5) is 0 Å². The molecular formula is C10H21NO3S2. The van der Waals surface area contributed by atoms with Crippen LogP contribution in [0.15, 0.2) is 0 Å². The van der Waals surface area contributed by atoms with E-state index in [2.05, 4.69) is 5.32 Å². The first-order valence-electron chi connectivity index (χ1n) is 5.49. The molecule has 6 heteroatoms. The molecule has 0 aliphatic heterocycles. The van der Waals surface area contributed by atoms with Crippen LogP contribution < -0.4 is 5.32 Å². The first-order chi connectivity index (χ1) is 7.35. The third kappa shape index (κ3) is 6.08. The van der Waals surface area contributed by atoms with Crippen molar-refractivity contribution < 1.29 is 13.5 Å². The molecule has 16 heavy (non-hydrogen) atoms. The summed E-state index contributed by atoms with van der Waals surface area (Å²) < 4.78 is 21.9. The summed E-state index contributed by atoms with van der Waals surface area (Å²) in [7, 11) is -2.86. The molecule has 0 bridgehead atoms.